The van der Waals surface area contributed by atoms with Gasteiger partial charge < -0.3 is 9.47 Å². The molecule has 1 atom stereocenters. The molecule has 176 valence electrons. The number of nitrogens with zero attached hydrogens (tertiary/aromatic N) is 3. The molecule has 1 aromatic heterocycles. The van der Waals surface area contributed by atoms with Crippen molar-refractivity contribution in [1.82, 2.24) is 9.55 Å². The van der Waals surface area contributed by atoms with E-state index < -0.39 is 0 Å². The van der Waals surface area contributed by atoms with Crippen molar-refractivity contribution >= 4 is 22.6 Å². The molecule has 0 aliphatic heterocycles. The van der Waals surface area contributed by atoms with Crippen LogP contribution in [-0.2, 0) is 17.8 Å². The molecular formula is C30H35N3O. The zero-order valence-electron chi connectivity index (χ0n) is 20.9. The summed E-state index contributed by atoms with van der Waals surface area (Å²) in [4.78, 5) is 20.5. The van der Waals surface area contributed by atoms with E-state index in [-0.39, 0.29) is 24.4 Å². The second-order valence-electron chi connectivity index (χ2n) is 9.80. The Bertz CT molecular complexity index is 1240. The minimum atomic E-state index is 0.0547. The highest BCUT2D eigenvalue weighted by atomic mass is 16.2. The highest BCUT2D eigenvalue weighted by Crippen LogP contribution is 2.29. The van der Waals surface area contributed by atoms with E-state index in [2.05, 4.69) is 69.5 Å². The monoisotopic (exact) mass is 453 g/mol. The zero-order valence-corrected chi connectivity index (χ0v) is 20.9. The van der Waals surface area contributed by atoms with E-state index in [1.54, 1.807) is 0 Å². The van der Waals surface area contributed by atoms with Crippen LogP contribution in [0, 0.1) is 5.92 Å². The molecule has 0 aliphatic carbocycles. The third-order valence-corrected chi connectivity index (χ3v) is 6.31. The molecule has 0 fully saturated rings. The molecule has 0 bridgehead atoms. The molecule has 0 spiro atoms. The maximum atomic E-state index is 13.6. The summed E-state index contributed by atoms with van der Waals surface area (Å²) in [6, 6.07) is 26.9. The number of anilines is 1. The Labute approximate surface area is 203 Å². The lowest BCUT2D eigenvalue weighted by atomic mass is 9.96. The van der Waals surface area contributed by atoms with E-state index in [1.807, 2.05) is 53.4 Å². The third kappa shape index (κ3) is 5.06. The van der Waals surface area contributed by atoms with E-state index in [4.69, 9.17) is 4.98 Å². The Hall–Kier alpha value is -3.40. The van der Waals surface area contributed by atoms with Gasteiger partial charge in [-0.2, -0.15) is 0 Å². The average Bonchev–Trinajstić information content (AvgIpc) is 3.17. The summed E-state index contributed by atoms with van der Waals surface area (Å²) in [5, 5.41) is 0. The Morgan fingerprint density at radius 1 is 0.853 bits per heavy atom. The highest BCUT2D eigenvalue weighted by molar-refractivity contribution is 5.94. The Morgan fingerprint density at radius 2 is 1.50 bits per heavy atom. The Kier molecular flexibility index (Phi) is 7.16. The molecule has 0 N–H and O–H groups in total. The summed E-state index contributed by atoms with van der Waals surface area (Å²) in [7, 11) is 0. The first kappa shape index (κ1) is 23.7. The normalized spacial score (nSPS) is 12.4. The van der Waals surface area contributed by atoms with Gasteiger partial charge in [-0.3, -0.25) is 4.79 Å². The van der Waals surface area contributed by atoms with Crippen LogP contribution in [0.3, 0.4) is 0 Å². The molecule has 1 heterocycles. The number of rotatable bonds is 8. The number of carbonyl (C=O) groups excluding carboxylic acids is 1. The van der Waals surface area contributed by atoms with Gasteiger partial charge in [0.05, 0.1) is 11.0 Å². The molecule has 0 radical (unpaired) electrons. The molecule has 0 aliphatic rings. The minimum absolute atomic E-state index is 0.0547. The Morgan fingerprint density at radius 3 is 2.15 bits per heavy atom. The predicted molar refractivity (Wildman–Crippen MR) is 141 cm³/mol. The van der Waals surface area contributed by atoms with Gasteiger partial charge in [0.25, 0.3) is 0 Å². The van der Waals surface area contributed by atoms with Gasteiger partial charge in [-0.15, -0.1) is 0 Å². The molecule has 1 amide bonds. The molecule has 0 saturated heterocycles. The maximum absolute atomic E-state index is 13.6. The van der Waals surface area contributed by atoms with Crippen molar-refractivity contribution in [2.24, 2.45) is 5.92 Å². The summed E-state index contributed by atoms with van der Waals surface area (Å²) >= 11 is 0. The van der Waals surface area contributed by atoms with Crippen molar-refractivity contribution in [3.8, 4) is 0 Å². The molecule has 0 unspecified atom stereocenters. The molecule has 3 aromatic carbocycles. The van der Waals surface area contributed by atoms with Crippen LogP contribution in [-0.4, -0.2) is 21.5 Å². The molecule has 0 saturated carbocycles. The fourth-order valence-corrected chi connectivity index (χ4v) is 4.68. The number of carbonyl (C=O) groups is 1. The lowest BCUT2D eigenvalue weighted by Gasteiger charge is -2.28. The van der Waals surface area contributed by atoms with Gasteiger partial charge in [0.1, 0.15) is 12.4 Å². The largest absolute Gasteiger partial charge is 0.318 e. The second-order valence-corrected chi connectivity index (χ2v) is 9.80. The number of imidazole rings is 1. The van der Waals surface area contributed by atoms with Crippen molar-refractivity contribution in [2.75, 3.05) is 4.90 Å². The smallest absolute Gasteiger partial charge is 0.247 e. The van der Waals surface area contributed by atoms with Crippen LogP contribution < -0.4 is 4.90 Å². The van der Waals surface area contributed by atoms with Crippen LogP contribution in [0.2, 0.25) is 0 Å². The summed E-state index contributed by atoms with van der Waals surface area (Å²) in [6.45, 7) is 11.0. The quantitative estimate of drug-likeness (QED) is 0.293. The van der Waals surface area contributed by atoms with E-state index >= 15 is 0 Å². The number of aromatic nitrogens is 2. The van der Waals surface area contributed by atoms with Crippen LogP contribution in [0.25, 0.3) is 11.0 Å². The molecule has 4 rings (SSSR count). The minimum Gasteiger partial charge on any atom is -0.318 e. The van der Waals surface area contributed by atoms with Crippen LogP contribution in [0.1, 0.15) is 57.5 Å². The number of amides is 1. The van der Waals surface area contributed by atoms with Crippen LogP contribution >= 0.6 is 0 Å². The van der Waals surface area contributed by atoms with E-state index in [1.165, 1.54) is 11.1 Å². The second kappa shape index (κ2) is 10.3. The van der Waals surface area contributed by atoms with Crippen LogP contribution in [0.5, 0.6) is 0 Å². The van der Waals surface area contributed by atoms with Gasteiger partial charge in [-0.1, -0.05) is 75.4 Å². The SMILES string of the molecule is CC(C)Cc1ccc([C@@H](C)c2nc3ccccc3n2CC(=O)N(c2ccccc2)C(C)C)cc1. The van der Waals surface area contributed by atoms with E-state index in [9.17, 15) is 4.79 Å². The topological polar surface area (TPSA) is 38.1 Å². The fourth-order valence-electron chi connectivity index (χ4n) is 4.68. The van der Waals surface area contributed by atoms with Crippen molar-refractivity contribution in [2.45, 2.75) is 59.5 Å². The first-order valence-corrected chi connectivity index (χ1v) is 12.3. The van der Waals surface area contributed by atoms with Crippen LogP contribution in [0.4, 0.5) is 5.69 Å². The van der Waals surface area contributed by atoms with Crippen molar-refractivity contribution in [3.05, 3.63) is 95.8 Å². The first-order chi connectivity index (χ1) is 16.3. The van der Waals surface area contributed by atoms with Gasteiger partial charge in [-0.05, 0) is 61.6 Å². The first-order valence-electron chi connectivity index (χ1n) is 12.3. The zero-order chi connectivity index (χ0) is 24.2. The van der Waals surface area contributed by atoms with Crippen molar-refractivity contribution in [3.63, 3.8) is 0 Å². The molecule has 34 heavy (non-hydrogen) atoms. The van der Waals surface area contributed by atoms with Gasteiger partial charge in [-0.25, -0.2) is 4.98 Å². The summed E-state index contributed by atoms with van der Waals surface area (Å²) < 4.78 is 2.10. The number of hydrogen-bond donors (Lipinski definition) is 0. The lowest BCUT2D eigenvalue weighted by Crippen LogP contribution is -2.39. The fraction of sp³-hybridized carbons (Fsp3) is 0.333. The summed E-state index contributed by atoms with van der Waals surface area (Å²) in [5.41, 5.74) is 5.39. The van der Waals surface area contributed by atoms with E-state index in [0.29, 0.717) is 5.92 Å². The molecule has 4 nitrogen and oxygen atoms in total. The summed E-state index contributed by atoms with van der Waals surface area (Å²) in [5.74, 6) is 1.68. The predicted octanol–water partition coefficient (Wildman–Crippen LogP) is 6.83. The number of para-hydroxylation sites is 3. The third-order valence-electron chi connectivity index (χ3n) is 6.31. The van der Waals surface area contributed by atoms with Crippen molar-refractivity contribution < 1.29 is 4.79 Å². The number of fused-ring (bicyclic) bond motifs is 1. The van der Waals surface area contributed by atoms with Gasteiger partial charge in [0.15, 0.2) is 0 Å². The summed E-state index contributed by atoms with van der Waals surface area (Å²) in [6.07, 6.45) is 1.08. The maximum Gasteiger partial charge on any atom is 0.247 e. The van der Waals surface area contributed by atoms with E-state index in [0.717, 1.165) is 29.0 Å². The van der Waals surface area contributed by atoms with Gasteiger partial charge in [0, 0.05) is 17.6 Å². The molecule has 4 aromatic rings. The molecule has 4 heteroatoms. The standard InChI is InChI=1S/C30H35N3O/c1-21(2)19-24-15-17-25(18-16-24)23(5)30-31-27-13-9-10-14-28(27)32(30)20-29(34)33(22(3)4)26-11-7-6-8-12-26/h6-18,21-23H,19-20H2,1-5H3/t23-/m1/s1. The molecular weight excluding hydrogens is 418 g/mol. The van der Waals surface area contributed by atoms with Crippen molar-refractivity contribution in [1.29, 1.82) is 0 Å². The van der Waals surface area contributed by atoms with Gasteiger partial charge >= 0.3 is 0 Å². The van der Waals surface area contributed by atoms with Crippen LogP contribution in [0.15, 0.2) is 78.9 Å². The highest BCUT2D eigenvalue weighted by Gasteiger charge is 2.24. The van der Waals surface area contributed by atoms with Gasteiger partial charge in [0.2, 0.25) is 5.91 Å². The lowest BCUT2D eigenvalue weighted by molar-refractivity contribution is -0.119. The number of benzene rings is 3. The number of hydrogen-bond acceptors (Lipinski definition) is 2. The average molecular weight is 454 g/mol. The Balaban J connectivity index is 1.69.